The highest BCUT2D eigenvalue weighted by molar-refractivity contribution is 7.26. The van der Waals surface area contributed by atoms with Crippen molar-refractivity contribution in [3.8, 4) is 39.9 Å². The first-order valence-corrected chi connectivity index (χ1v) is 16.8. The summed E-state index contributed by atoms with van der Waals surface area (Å²) < 4.78 is 9.07. The molecule has 0 saturated heterocycles. The summed E-state index contributed by atoms with van der Waals surface area (Å²) >= 11 is 1.81. The van der Waals surface area contributed by atoms with Crippen LogP contribution in [0.25, 0.3) is 75.9 Å². The average molecular weight is 635 g/mol. The summed E-state index contributed by atoms with van der Waals surface area (Å²) in [6.45, 7) is 0. The number of hydrogen-bond donors (Lipinski definition) is 1. The molecule has 1 aliphatic rings. The van der Waals surface area contributed by atoms with Gasteiger partial charge < -0.3 is 10.1 Å². The lowest BCUT2D eigenvalue weighted by atomic mass is 9.98. The second kappa shape index (κ2) is 10.7. The van der Waals surface area contributed by atoms with E-state index < -0.39 is 0 Å². The number of benzene rings is 7. The molecule has 1 aliphatic heterocycles. The molecule has 1 atom stereocenters. The lowest BCUT2D eigenvalue weighted by molar-refractivity contribution is 0.263. The van der Waals surface area contributed by atoms with E-state index in [-0.39, 0.29) is 6.23 Å². The number of rotatable bonds is 4. The number of thiophene rings is 1. The molecule has 0 aliphatic carbocycles. The van der Waals surface area contributed by atoms with E-state index in [4.69, 9.17) is 19.7 Å². The maximum atomic E-state index is 6.60. The third-order valence-electron chi connectivity index (χ3n) is 9.13. The summed E-state index contributed by atoms with van der Waals surface area (Å²) in [5.41, 5.74) is 5.00. The van der Waals surface area contributed by atoms with Crippen molar-refractivity contribution in [2.45, 2.75) is 6.23 Å². The van der Waals surface area contributed by atoms with E-state index >= 15 is 0 Å². The SMILES string of the molecule is c1ccc(-c2nc(-c3ccccc3)nc(-c3ccc4c(ccc5cc6sc7ccc8c(c7c6cc54)OC(c4ccccc4)N8)c3)n2)cc1. The molecule has 7 aromatic carbocycles. The summed E-state index contributed by atoms with van der Waals surface area (Å²) in [5.74, 6) is 2.89. The normalized spacial score (nSPS) is 14.0. The first kappa shape index (κ1) is 27.0. The van der Waals surface area contributed by atoms with Gasteiger partial charge in [-0.05, 0) is 51.9 Å². The Bertz CT molecular complexity index is 2620. The molecule has 6 heteroatoms. The van der Waals surface area contributed by atoms with E-state index in [1.54, 1.807) is 0 Å². The molecular formula is C42H26N4OS. The van der Waals surface area contributed by atoms with Gasteiger partial charge >= 0.3 is 0 Å². The van der Waals surface area contributed by atoms with E-state index in [9.17, 15) is 0 Å². The van der Waals surface area contributed by atoms with Crippen molar-refractivity contribution in [2.75, 3.05) is 5.32 Å². The fraction of sp³-hybridized carbons (Fsp3) is 0.0238. The van der Waals surface area contributed by atoms with E-state index in [0.717, 1.165) is 39.1 Å². The van der Waals surface area contributed by atoms with Gasteiger partial charge in [-0.3, -0.25) is 0 Å². The van der Waals surface area contributed by atoms with Crippen molar-refractivity contribution in [3.63, 3.8) is 0 Å². The number of nitrogens with one attached hydrogen (secondary N) is 1. The lowest BCUT2D eigenvalue weighted by Crippen LogP contribution is -2.09. The molecule has 2 aromatic heterocycles. The summed E-state index contributed by atoms with van der Waals surface area (Å²) in [6.07, 6.45) is -0.207. The number of nitrogens with zero attached hydrogens (tertiary/aromatic N) is 3. The Morgan fingerprint density at radius 2 is 1.12 bits per heavy atom. The first-order valence-electron chi connectivity index (χ1n) is 16.0. The Balaban J connectivity index is 1.11. The molecular weight excluding hydrogens is 609 g/mol. The molecule has 48 heavy (non-hydrogen) atoms. The first-order chi connectivity index (χ1) is 23.7. The highest BCUT2D eigenvalue weighted by Gasteiger charge is 2.27. The molecule has 3 heterocycles. The Labute approximate surface area is 280 Å². The van der Waals surface area contributed by atoms with Gasteiger partial charge in [-0.15, -0.1) is 11.3 Å². The Morgan fingerprint density at radius 1 is 0.500 bits per heavy atom. The zero-order chi connectivity index (χ0) is 31.6. The van der Waals surface area contributed by atoms with Gasteiger partial charge in [0.2, 0.25) is 0 Å². The number of fused-ring (bicyclic) bond motifs is 8. The molecule has 1 N–H and O–H groups in total. The third kappa shape index (κ3) is 4.42. The van der Waals surface area contributed by atoms with E-state index in [1.807, 2.05) is 90.2 Å². The number of aromatic nitrogens is 3. The fourth-order valence-electron chi connectivity index (χ4n) is 6.78. The molecule has 0 saturated carbocycles. The van der Waals surface area contributed by atoms with Crippen LogP contribution >= 0.6 is 11.3 Å². The van der Waals surface area contributed by atoms with Gasteiger partial charge in [0.1, 0.15) is 0 Å². The van der Waals surface area contributed by atoms with Gasteiger partial charge in [-0.2, -0.15) is 0 Å². The van der Waals surface area contributed by atoms with Crippen LogP contribution in [-0.2, 0) is 0 Å². The maximum absolute atomic E-state index is 6.60. The average Bonchev–Trinajstić information content (AvgIpc) is 3.76. The molecule has 226 valence electrons. The van der Waals surface area contributed by atoms with Crippen molar-refractivity contribution >= 4 is 58.7 Å². The zero-order valence-electron chi connectivity index (χ0n) is 25.6. The minimum absolute atomic E-state index is 0.207. The predicted octanol–water partition coefficient (Wildman–Crippen LogP) is 11.0. The van der Waals surface area contributed by atoms with Crippen LogP contribution in [0.4, 0.5) is 5.69 Å². The van der Waals surface area contributed by atoms with Crippen LogP contribution in [0.2, 0.25) is 0 Å². The Kier molecular flexibility index (Phi) is 6.04. The van der Waals surface area contributed by atoms with E-state index in [1.165, 1.54) is 36.3 Å². The van der Waals surface area contributed by atoms with Crippen LogP contribution < -0.4 is 10.1 Å². The standard InChI is InChI=1S/C42H26N4OS/c1-4-10-25(11-5-1)39-44-40(26-12-6-2-7-13-26)46-41(45-39)30-18-19-31-28(22-30)16-17-29-23-36-33(24-32(29)31)37-35(48-36)21-20-34-38(37)47-42(43-34)27-14-8-3-9-15-27/h1-24,42-43H. The van der Waals surface area contributed by atoms with Crippen LogP contribution in [0.15, 0.2) is 146 Å². The molecule has 10 rings (SSSR count). The molecule has 0 spiro atoms. The van der Waals surface area contributed by atoms with Crippen molar-refractivity contribution < 1.29 is 4.74 Å². The van der Waals surface area contributed by atoms with Crippen molar-refractivity contribution in [1.82, 2.24) is 15.0 Å². The molecule has 0 fully saturated rings. The molecule has 9 aromatic rings. The second-order valence-corrected chi connectivity index (χ2v) is 13.2. The topological polar surface area (TPSA) is 59.9 Å². The van der Waals surface area contributed by atoms with Crippen LogP contribution in [0.5, 0.6) is 5.75 Å². The smallest absolute Gasteiger partial charge is 0.196 e. The summed E-state index contributed by atoms with van der Waals surface area (Å²) in [6, 6.07) is 50.5. The van der Waals surface area contributed by atoms with Crippen LogP contribution in [0, 0.1) is 0 Å². The highest BCUT2D eigenvalue weighted by atomic mass is 32.1. The van der Waals surface area contributed by atoms with Gasteiger partial charge in [0.05, 0.1) is 5.69 Å². The van der Waals surface area contributed by atoms with Gasteiger partial charge in [-0.1, -0.05) is 115 Å². The number of ether oxygens (including phenoxy) is 1. The molecule has 1 unspecified atom stereocenters. The lowest BCUT2D eigenvalue weighted by Gasteiger charge is -2.11. The van der Waals surface area contributed by atoms with Gasteiger partial charge in [0, 0.05) is 42.4 Å². The molecule has 0 amide bonds. The molecule has 0 radical (unpaired) electrons. The maximum Gasteiger partial charge on any atom is 0.196 e. The predicted molar refractivity (Wildman–Crippen MR) is 197 cm³/mol. The van der Waals surface area contributed by atoms with E-state index in [2.05, 4.69) is 72.0 Å². The van der Waals surface area contributed by atoms with Crippen molar-refractivity contribution in [3.05, 3.63) is 151 Å². The fourth-order valence-corrected chi connectivity index (χ4v) is 7.91. The second-order valence-electron chi connectivity index (χ2n) is 12.1. The zero-order valence-corrected chi connectivity index (χ0v) is 26.4. The largest absolute Gasteiger partial charge is 0.464 e. The number of hydrogen-bond acceptors (Lipinski definition) is 6. The van der Waals surface area contributed by atoms with Gasteiger partial charge in [0.25, 0.3) is 0 Å². The Hall–Kier alpha value is -6.11. The summed E-state index contributed by atoms with van der Waals surface area (Å²) in [7, 11) is 0. The number of anilines is 1. The molecule has 5 nitrogen and oxygen atoms in total. The van der Waals surface area contributed by atoms with Crippen LogP contribution in [0.1, 0.15) is 11.8 Å². The van der Waals surface area contributed by atoms with Crippen LogP contribution in [-0.4, -0.2) is 15.0 Å². The van der Waals surface area contributed by atoms with Crippen molar-refractivity contribution in [2.24, 2.45) is 0 Å². The minimum atomic E-state index is -0.207. The van der Waals surface area contributed by atoms with Gasteiger partial charge in [0.15, 0.2) is 29.5 Å². The van der Waals surface area contributed by atoms with Gasteiger partial charge in [-0.25, -0.2) is 15.0 Å². The van der Waals surface area contributed by atoms with Crippen molar-refractivity contribution in [1.29, 1.82) is 0 Å². The quantitative estimate of drug-likeness (QED) is 0.195. The Morgan fingerprint density at radius 3 is 1.81 bits per heavy atom. The summed E-state index contributed by atoms with van der Waals surface area (Å²) in [5, 5.41) is 10.7. The summed E-state index contributed by atoms with van der Waals surface area (Å²) in [4.78, 5) is 14.8. The monoisotopic (exact) mass is 634 g/mol. The third-order valence-corrected chi connectivity index (χ3v) is 10.2. The van der Waals surface area contributed by atoms with Crippen LogP contribution in [0.3, 0.4) is 0 Å². The molecule has 0 bridgehead atoms. The minimum Gasteiger partial charge on any atom is -0.464 e. The van der Waals surface area contributed by atoms with E-state index in [0.29, 0.717) is 17.5 Å². The highest BCUT2D eigenvalue weighted by Crippen LogP contribution is 2.49.